The highest BCUT2D eigenvalue weighted by atomic mass is 16.5. The molecule has 0 bridgehead atoms. The number of rotatable bonds is 45. The summed E-state index contributed by atoms with van der Waals surface area (Å²) in [4.78, 5) is 12.4. The molecule has 0 heterocycles. The number of ether oxygens (including phenoxy) is 3. The second-order valence-electron chi connectivity index (χ2n) is 17.3. The van der Waals surface area contributed by atoms with Crippen LogP contribution in [0.15, 0.2) is 18.2 Å². The minimum Gasteiger partial charge on any atom is -0.493 e. The molecule has 0 aliphatic rings. The number of esters is 1. The van der Waals surface area contributed by atoms with Crippen molar-refractivity contribution >= 4 is 5.97 Å². The molecule has 328 valence electrons. The molecule has 1 aromatic rings. The van der Waals surface area contributed by atoms with Gasteiger partial charge in [0.2, 0.25) is 0 Å². The van der Waals surface area contributed by atoms with Crippen LogP contribution in [0.2, 0.25) is 0 Å². The Balaban J connectivity index is 1.98. The molecule has 0 saturated heterocycles. The van der Waals surface area contributed by atoms with Gasteiger partial charge in [0.1, 0.15) is 17.1 Å². The maximum Gasteiger partial charge on any atom is 0.341 e. The number of benzene rings is 1. The van der Waals surface area contributed by atoms with Crippen molar-refractivity contribution in [3.8, 4) is 11.5 Å². The first kappa shape index (κ1) is 52.3. The second kappa shape index (κ2) is 42.9. The minimum absolute atomic E-state index is 0.357. The average Bonchev–Trinajstić information content (AvgIpc) is 3.21. The lowest BCUT2D eigenvalue weighted by atomic mass is 10.0. The van der Waals surface area contributed by atoms with Crippen LogP contribution in [0.5, 0.6) is 11.5 Å². The molecule has 0 amide bonds. The van der Waals surface area contributed by atoms with Crippen molar-refractivity contribution in [3.63, 3.8) is 0 Å². The molecule has 0 N–H and O–H groups in total. The van der Waals surface area contributed by atoms with Gasteiger partial charge in [0.05, 0.1) is 20.3 Å². The van der Waals surface area contributed by atoms with E-state index in [2.05, 4.69) is 13.8 Å². The molecule has 0 atom stereocenters. The highest BCUT2D eigenvalue weighted by molar-refractivity contribution is 5.92. The van der Waals surface area contributed by atoms with Crippen molar-refractivity contribution < 1.29 is 19.0 Å². The Morgan fingerprint density at radius 2 is 0.643 bits per heavy atom. The van der Waals surface area contributed by atoms with Crippen LogP contribution >= 0.6 is 0 Å². The molecule has 0 aliphatic carbocycles. The molecular formula is C52H96O4. The molecule has 4 heteroatoms. The lowest BCUT2D eigenvalue weighted by Crippen LogP contribution is -2.07. The van der Waals surface area contributed by atoms with Crippen molar-refractivity contribution in [1.29, 1.82) is 0 Å². The van der Waals surface area contributed by atoms with Gasteiger partial charge in [0.15, 0.2) is 0 Å². The SMILES string of the molecule is CCCCCCCCCCCCCCCCCCCCCCOc1ccc(C(=O)OC)c(OCCCCCCCCCCCCCCCCCCCCCC)c1. The lowest BCUT2D eigenvalue weighted by molar-refractivity contribution is 0.0595. The topological polar surface area (TPSA) is 44.8 Å². The molecule has 0 radical (unpaired) electrons. The van der Waals surface area contributed by atoms with Crippen LogP contribution in [0.1, 0.15) is 281 Å². The summed E-state index contributed by atoms with van der Waals surface area (Å²) in [6, 6.07) is 5.53. The quantitative estimate of drug-likeness (QED) is 0.0488. The van der Waals surface area contributed by atoms with E-state index in [1.54, 1.807) is 6.07 Å². The first-order valence-corrected chi connectivity index (χ1v) is 25.2. The number of hydrogen-bond donors (Lipinski definition) is 0. The van der Waals surface area contributed by atoms with Crippen LogP contribution in [0, 0.1) is 0 Å². The van der Waals surface area contributed by atoms with Gasteiger partial charge in [-0.05, 0) is 25.0 Å². The van der Waals surface area contributed by atoms with Crippen molar-refractivity contribution in [2.75, 3.05) is 20.3 Å². The standard InChI is InChI=1S/C52H96O4/c1-4-6-8-10-12-14-16-18-20-22-24-26-28-30-32-34-36-38-40-42-46-55-49-44-45-50(52(53)54-3)51(48-49)56-47-43-41-39-37-35-33-31-29-27-25-23-21-19-17-15-13-11-9-7-5-2/h44-45,48H,4-43,46-47H2,1-3H3. The van der Waals surface area contributed by atoms with Gasteiger partial charge >= 0.3 is 5.97 Å². The lowest BCUT2D eigenvalue weighted by Gasteiger charge is -2.13. The molecule has 0 unspecified atom stereocenters. The number of hydrogen-bond acceptors (Lipinski definition) is 4. The van der Waals surface area contributed by atoms with Gasteiger partial charge < -0.3 is 14.2 Å². The van der Waals surface area contributed by atoms with Gasteiger partial charge in [-0.25, -0.2) is 4.79 Å². The number of methoxy groups -OCH3 is 1. The average molecular weight is 785 g/mol. The summed E-state index contributed by atoms with van der Waals surface area (Å²) in [5.41, 5.74) is 0.479. The monoisotopic (exact) mass is 785 g/mol. The Kier molecular flexibility index (Phi) is 40.1. The zero-order valence-corrected chi connectivity index (χ0v) is 38.1. The van der Waals surface area contributed by atoms with E-state index in [-0.39, 0.29) is 5.97 Å². The Bertz CT molecular complexity index is 945. The van der Waals surface area contributed by atoms with E-state index in [4.69, 9.17) is 14.2 Å². The molecule has 0 saturated carbocycles. The number of carbonyl (C=O) groups excluding carboxylic acids is 1. The third-order valence-electron chi connectivity index (χ3n) is 11.9. The molecule has 1 rings (SSSR count). The summed E-state index contributed by atoms with van der Waals surface area (Å²) in [6.07, 6.45) is 55.3. The van der Waals surface area contributed by atoms with Gasteiger partial charge in [-0.15, -0.1) is 0 Å². The van der Waals surface area contributed by atoms with Crippen LogP contribution in [-0.4, -0.2) is 26.3 Å². The molecular weight excluding hydrogens is 689 g/mol. The van der Waals surface area contributed by atoms with Crippen LogP contribution in [0.4, 0.5) is 0 Å². The first-order valence-electron chi connectivity index (χ1n) is 25.2. The number of carbonyl (C=O) groups is 1. The smallest absolute Gasteiger partial charge is 0.341 e. The summed E-state index contributed by atoms with van der Waals surface area (Å²) < 4.78 is 17.2. The molecule has 0 aliphatic heterocycles. The van der Waals surface area contributed by atoms with Crippen molar-refractivity contribution in [2.45, 2.75) is 271 Å². The Morgan fingerprint density at radius 1 is 0.375 bits per heavy atom. The summed E-state index contributed by atoms with van der Waals surface area (Å²) in [5.74, 6) is 0.994. The molecule has 1 aromatic carbocycles. The molecule has 0 spiro atoms. The summed E-state index contributed by atoms with van der Waals surface area (Å²) in [5, 5.41) is 0. The maximum atomic E-state index is 12.4. The Morgan fingerprint density at radius 3 is 0.929 bits per heavy atom. The van der Waals surface area contributed by atoms with E-state index in [0.29, 0.717) is 24.5 Å². The maximum absolute atomic E-state index is 12.4. The van der Waals surface area contributed by atoms with Crippen molar-refractivity contribution in [2.24, 2.45) is 0 Å². The molecule has 0 fully saturated rings. The third kappa shape index (κ3) is 34.3. The van der Waals surface area contributed by atoms with E-state index >= 15 is 0 Å². The van der Waals surface area contributed by atoms with Crippen LogP contribution in [0.3, 0.4) is 0 Å². The fourth-order valence-electron chi connectivity index (χ4n) is 8.08. The largest absolute Gasteiger partial charge is 0.493 e. The predicted molar refractivity (Wildman–Crippen MR) is 245 cm³/mol. The van der Waals surface area contributed by atoms with Crippen LogP contribution in [0.25, 0.3) is 0 Å². The molecule has 0 aromatic heterocycles. The minimum atomic E-state index is -0.357. The van der Waals surface area contributed by atoms with Gasteiger partial charge in [0.25, 0.3) is 0 Å². The summed E-state index contributed by atoms with van der Waals surface area (Å²) >= 11 is 0. The number of unbranched alkanes of at least 4 members (excludes halogenated alkanes) is 38. The van der Waals surface area contributed by atoms with Crippen LogP contribution < -0.4 is 9.47 Å². The van der Waals surface area contributed by atoms with Gasteiger partial charge in [-0.2, -0.15) is 0 Å². The predicted octanol–water partition coefficient (Wildman–Crippen LogP) is 17.9. The zero-order valence-electron chi connectivity index (χ0n) is 38.1. The van der Waals surface area contributed by atoms with E-state index < -0.39 is 0 Å². The Labute approximate surface area is 350 Å². The molecule has 4 nitrogen and oxygen atoms in total. The molecule has 56 heavy (non-hydrogen) atoms. The van der Waals surface area contributed by atoms with Gasteiger partial charge in [-0.3, -0.25) is 0 Å². The van der Waals surface area contributed by atoms with Gasteiger partial charge in [-0.1, -0.05) is 258 Å². The fraction of sp³-hybridized carbons (Fsp3) is 0.865. The highest BCUT2D eigenvalue weighted by Gasteiger charge is 2.14. The Hall–Kier alpha value is -1.71. The zero-order chi connectivity index (χ0) is 40.3. The van der Waals surface area contributed by atoms with Crippen molar-refractivity contribution in [3.05, 3.63) is 23.8 Å². The van der Waals surface area contributed by atoms with E-state index in [9.17, 15) is 4.79 Å². The normalized spacial score (nSPS) is 11.3. The summed E-state index contributed by atoms with van der Waals surface area (Å²) in [7, 11) is 1.43. The highest BCUT2D eigenvalue weighted by Crippen LogP contribution is 2.27. The van der Waals surface area contributed by atoms with Gasteiger partial charge in [0, 0.05) is 6.07 Å². The summed E-state index contributed by atoms with van der Waals surface area (Å²) in [6.45, 7) is 5.91. The first-order chi connectivity index (χ1) is 27.7. The third-order valence-corrected chi connectivity index (χ3v) is 11.9. The van der Waals surface area contributed by atoms with E-state index in [1.165, 1.54) is 251 Å². The van der Waals surface area contributed by atoms with E-state index in [1.807, 2.05) is 12.1 Å². The van der Waals surface area contributed by atoms with Crippen molar-refractivity contribution in [1.82, 2.24) is 0 Å². The fourth-order valence-corrected chi connectivity index (χ4v) is 8.08. The van der Waals surface area contributed by atoms with E-state index in [0.717, 1.165) is 18.6 Å². The van der Waals surface area contributed by atoms with Crippen LogP contribution in [-0.2, 0) is 4.74 Å². The second-order valence-corrected chi connectivity index (χ2v) is 17.3.